The van der Waals surface area contributed by atoms with Gasteiger partial charge in [-0.15, -0.1) is 12.4 Å². The van der Waals surface area contributed by atoms with E-state index in [1.807, 2.05) is 0 Å². The maximum atomic E-state index is 13.7. The van der Waals surface area contributed by atoms with Gasteiger partial charge >= 0.3 is 18.1 Å². The molecule has 1 aromatic carbocycles. The molecule has 3 N–H and O–H groups in total. The third-order valence-corrected chi connectivity index (χ3v) is 2.63. The van der Waals surface area contributed by atoms with Gasteiger partial charge in [0, 0.05) is 5.56 Å². The number of carbonyl (C=O) groups is 1. The van der Waals surface area contributed by atoms with Gasteiger partial charge in [0.05, 0.1) is 12.2 Å². The number of alkyl halides is 5. The second kappa shape index (κ2) is 7.10. The summed E-state index contributed by atoms with van der Waals surface area (Å²) in [5, 5.41) is 9.41. The van der Waals surface area contributed by atoms with Crippen LogP contribution in [0.15, 0.2) is 18.2 Å². The van der Waals surface area contributed by atoms with Crippen molar-refractivity contribution >= 4 is 18.4 Å². The van der Waals surface area contributed by atoms with Crippen molar-refractivity contribution in [2.24, 2.45) is 5.73 Å². The molecule has 0 fully saturated rings. The van der Waals surface area contributed by atoms with Crippen molar-refractivity contribution in [3.8, 4) is 5.75 Å². The van der Waals surface area contributed by atoms with Crippen molar-refractivity contribution in [2.75, 3.05) is 6.61 Å². The molecule has 0 aliphatic rings. The lowest BCUT2D eigenvalue weighted by Crippen LogP contribution is -2.41. The van der Waals surface area contributed by atoms with Crippen LogP contribution in [0.5, 0.6) is 5.75 Å². The summed E-state index contributed by atoms with van der Waals surface area (Å²) < 4.78 is 69.1. The predicted octanol–water partition coefficient (Wildman–Crippen LogP) is 3.03. The van der Waals surface area contributed by atoms with Crippen LogP contribution in [0.2, 0.25) is 0 Å². The summed E-state index contributed by atoms with van der Waals surface area (Å²) in [6, 6.07) is -1.11. The molecule has 0 saturated heterocycles. The zero-order chi connectivity index (χ0) is 16.4. The van der Waals surface area contributed by atoms with E-state index in [0.29, 0.717) is 12.1 Å². The monoisotopic (exact) mass is 349 g/mol. The molecule has 0 spiro atoms. The number of benzene rings is 1. The Bertz CT molecular complexity index is 536. The number of aromatic hydroxyl groups is 1. The van der Waals surface area contributed by atoms with Crippen LogP contribution in [-0.4, -0.2) is 23.6 Å². The highest BCUT2D eigenvalue weighted by Gasteiger charge is 2.49. The Balaban J connectivity index is 0.00000441. The summed E-state index contributed by atoms with van der Waals surface area (Å²) in [6.45, 7) is 0.928. The van der Waals surface area contributed by atoms with Gasteiger partial charge in [-0.1, -0.05) is 0 Å². The fourth-order valence-electron chi connectivity index (χ4n) is 1.53. The summed E-state index contributed by atoms with van der Waals surface area (Å²) in [7, 11) is 0. The molecule has 0 aliphatic heterocycles. The third kappa shape index (κ3) is 4.20. The normalized spacial score (nSPS) is 13.2. The summed E-state index contributed by atoms with van der Waals surface area (Å²) in [5.74, 6) is -7.13. The molecule has 1 atom stereocenters. The molecule has 0 bridgehead atoms. The van der Waals surface area contributed by atoms with Crippen LogP contribution >= 0.6 is 12.4 Å². The summed E-state index contributed by atoms with van der Waals surface area (Å²) in [4.78, 5) is 11.1. The fraction of sp³-hybridized carbons (Fsp3) is 0.417. The molecule has 0 aliphatic carbocycles. The van der Waals surface area contributed by atoms with E-state index in [2.05, 4.69) is 4.74 Å². The Morgan fingerprint density at radius 2 is 1.86 bits per heavy atom. The number of rotatable bonds is 4. The first-order valence-corrected chi connectivity index (χ1v) is 5.72. The lowest BCUT2D eigenvalue weighted by atomic mass is 9.98. The van der Waals surface area contributed by atoms with E-state index in [1.54, 1.807) is 0 Å². The van der Waals surface area contributed by atoms with Crippen molar-refractivity contribution < 1.29 is 36.6 Å². The molecule has 1 rings (SSSR count). The van der Waals surface area contributed by atoms with E-state index in [0.717, 1.165) is 0 Å². The van der Waals surface area contributed by atoms with Crippen LogP contribution in [0.3, 0.4) is 0 Å². The average molecular weight is 350 g/mol. The van der Waals surface area contributed by atoms with Gasteiger partial charge in [-0.2, -0.15) is 22.0 Å². The van der Waals surface area contributed by atoms with Gasteiger partial charge in [-0.25, -0.2) is 4.79 Å². The molecular weight excluding hydrogens is 337 g/mol. The minimum Gasteiger partial charge on any atom is -0.508 e. The van der Waals surface area contributed by atoms with Crippen molar-refractivity contribution in [1.29, 1.82) is 0 Å². The lowest BCUT2D eigenvalue weighted by Gasteiger charge is -2.23. The van der Waals surface area contributed by atoms with Crippen LogP contribution in [0.1, 0.15) is 24.1 Å². The molecule has 1 aromatic rings. The number of halogens is 6. The van der Waals surface area contributed by atoms with E-state index in [1.165, 1.54) is 6.92 Å². The molecule has 0 saturated carbocycles. The first-order chi connectivity index (χ1) is 9.51. The molecular formula is C12H13ClF5NO3. The first-order valence-electron chi connectivity index (χ1n) is 5.72. The highest BCUT2D eigenvalue weighted by atomic mass is 35.5. The van der Waals surface area contributed by atoms with E-state index in [-0.39, 0.29) is 25.1 Å². The molecule has 0 aromatic heterocycles. The van der Waals surface area contributed by atoms with E-state index in [9.17, 15) is 31.9 Å². The van der Waals surface area contributed by atoms with Gasteiger partial charge in [-0.05, 0) is 25.1 Å². The SMILES string of the molecule is CCOC(=O)C(F)(F)[C@@H](N)c1cc(C(F)(F)F)ccc1O.Cl. The Hall–Kier alpha value is -1.61. The fourth-order valence-corrected chi connectivity index (χ4v) is 1.53. The first kappa shape index (κ1) is 20.4. The smallest absolute Gasteiger partial charge is 0.416 e. The van der Waals surface area contributed by atoms with E-state index in [4.69, 9.17) is 5.73 Å². The van der Waals surface area contributed by atoms with Crippen LogP contribution in [0.4, 0.5) is 22.0 Å². The average Bonchev–Trinajstić information content (AvgIpc) is 2.37. The zero-order valence-corrected chi connectivity index (χ0v) is 12.0. The topological polar surface area (TPSA) is 72.5 Å². The lowest BCUT2D eigenvalue weighted by molar-refractivity contribution is -0.174. The molecule has 0 radical (unpaired) electrons. The van der Waals surface area contributed by atoms with Crippen LogP contribution in [0, 0.1) is 0 Å². The highest BCUT2D eigenvalue weighted by Crippen LogP contribution is 2.38. The van der Waals surface area contributed by atoms with Crippen molar-refractivity contribution in [1.82, 2.24) is 0 Å². The minimum absolute atomic E-state index is 0. The van der Waals surface area contributed by atoms with Gasteiger partial charge < -0.3 is 15.6 Å². The number of esters is 1. The van der Waals surface area contributed by atoms with Crippen molar-refractivity contribution in [3.63, 3.8) is 0 Å². The third-order valence-electron chi connectivity index (χ3n) is 2.63. The van der Waals surface area contributed by atoms with Gasteiger partial charge in [0.2, 0.25) is 0 Å². The van der Waals surface area contributed by atoms with Crippen molar-refractivity contribution in [2.45, 2.75) is 25.1 Å². The van der Waals surface area contributed by atoms with Gasteiger partial charge in [0.1, 0.15) is 11.8 Å². The van der Waals surface area contributed by atoms with Crippen LogP contribution in [-0.2, 0) is 15.7 Å². The Morgan fingerprint density at radius 3 is 2.32 bits per heavy atom. The Labute approximate surface area is 128 Å². The van der Waals surface area contributed by atoms with Crippen molar-refractivity contribution in [3.05, 3.63) is 29.3 Å². The second-order valence-electron chi connectivity index (χ2n) is 4.09. The standard InChI is InChI=1S/C12H12F5NO3.ClH/c1-2-21-10(20)11(13,14)9(18)7-5-6(12(15,16)17)3-4-8(7)19;/h3-5,9,19H,2,18H2,1H3;1H/t9-;/m0./s1. The molecule has 0 heterocycles. The molecule has 22 heavy (non-hydrogen) atoms. The van der Waals surface area contributed by atoms with Crippen LogP contribution in [0.25, 0.3) is 0 Å². The summed E-state index contributed by atoms with van der Waals surface area (Å²) in [5.41, 5.74) is 2.97. The number of nitrogens with two attached hydrogens (primary N) is 1. The second-order valence-corrected chi connectivity index (χ2v) is 4.09. The number of carbonyl (C=O) groups excluding carboxylic acids is 1. The molecule has 4 nitrogen and oxygen atoms in total. The van der Waals surface area contributed by atoms with Crippen LogP contribution < -0.4 is 5.73 Å². The number of hydrogen-bond acceptors (Lipinski definition) is 4. The number of phenolic OH excluding ortho intramolecular Hbond substituents is 1. The zero-order valence-electron chi connectivity index (χ0n) is 11.2. The van der Waals surface area contributed by atoms with Gasteiger partial charge in [-0.3, -0.25) is 0 Å². The van der Waals surface area contributed by atoms with Gasteiger partial charge in [0.25, 0.3) is 0 Å². The van der Waals surface area contributed by atoms with Gasteiger partial charge in [0.15, 0.2) is 0 Å². The minimum atomic E-state index is -4.80. The quantitative estimate of drug-likeness (QED) is 0.647. The predicted molar refractivity (Wildman–Crippen MR) is 68.9 cm³/mol. The molecule has 0 amide bonds. The number of ether oxygens (including phenoxy) is 1. The van der Waals surface area contributed by atoms with E-state index < -0.39 is 41.0 Å². The number of hydrogen-bond donors (Lipinski definition) is 2. The maximum Gasteiger partial charge on any atom is 0.416 e. The highest BCUT2D eigenvalue weighted by molar-refractivity contribution is 5.85. The largest absolute Gasteiger partial charge is 0.508 e. The van der Waals surface area contributed by atoms with E-state index >= 15 is 0 Å². The number of phenols is 1. The molecule has 0 unspecified atom stereocenters. The molecule has 10 heteroatoms. The maximum absolute atomic E-state index is 13.7. The summed E-state index contributed by atoms with van der Waals surface area (Å²) >= 11 is 0. The Kier molecular flexibility index (Phi) is 6.58. The molecule has 126 valence electrons. The Morgan fingerprint density at radius 1 is 1.32 bits per heavy atom. The summed E-state index contributed by atoms with van der Waals surface area (Å²) in [6.07, 6.45) is -4.80.